The maximum atomic E-state index is 6.28. The second-order valence-electron chi connectivity index (χ2n) is 8.78. The number of rotatable bonds is 5. The summed E-state index contributed by atoms with van der Waals surface area (Å²) in [6.07, 6.45) is 2.21. The monoisotopic (exact) mass is 478 g/mol. The molecule has 0 radical (unpaired) electrons. The summed E-state index contributed by atoms with van der Waals surface area (Å²) in [4.78, 5) is 19.2. The van der Waals surface area contributed by atoms with Crippen molar-refractivity contribution in [1.29, 1.82) is 0 Å². The van der Waals surface area contributed by atoms with E-state index in [-0.39, 0.29) is 0 Å². The number of nitrogens with zero attached hydrogens (tertiary/aromatic N) is 6. The predicted molar refractivity (Wildman–Crippen MR) is 139 cm³/mol. The maximum absolute atomic E-state index is 6.28. The number of fused-ring (bicyclic) bond motifs is 2. The highest BCUT2D eigenvalue weighted by atomic mass is 16.5. The Hall–Kier alpha value is -4.26. The molecule has 1 fully saturated rings. The number of morpholine rings is 1. The number of H-pyrrole nitrogens is 1. The fraction of sp³-hybridized carbons (Fsp3) is 0.259. The van der Waals surface area contributed by atoms with Crippen molar-refractivity contribution in [3.8, 4) is 23.1 Å². The van der Waals surface area contributed by atoms with Gasteiger partial charge >= 0.3 is 0 Å². The van der Waals surface area contributed by atoms with Crippen molar-refractivity contribution in [2.45, 2.75) is 13.0 Å². The molecule has 0 atom stereocenters. The smallest absolute Gasteiger partial charge is 0.164 e. The van der Waals surface area contributed by atoms with E-state index in [1.807, 2.05) is 30.3 Å². The lowest BCUT2D eigenvalue weighted by Crippen LogP contribution is -2.36. The highest BCUT2D eigenvalue weighted by Crippen LogP contribution is 2.31. The van der Waals surface area contributed by atoms with E-state index in [4.69, 9.17) is 20.6 Å². The van der Waals surface area contributed by atoms with Gasteiger partial charge in [0.05, 0.1) is 36.2 Å². The van der Waals surface area contributed by atoms with Crippen LogP contribution in [0, 0.1) is 11.8 Å². The Labute approximate surface area is 208 Å². The molecule has 0 bridgehead atoms. The number of benzene rings is 2. The topological polar surface area (TPSA) is 111 Å². The number of nitrogens with two attached hydrogens (primary N) is 1. The van der Waals surface area contributed by atoms with Gasteiger partial charge in [0.2, 0.25) is 0 Å². The number of aromatic amines is 1. The van der Waals surface area contributed by atoms with Crippen LogP contribution in [0.1, 0.15) is 11.4 Å². The number of ether oxygens (including phenoxy) is 1. The number of imidazole rings is 1. The molecule has 1 aliphatic rings. The van der Waals surface area contributed by atoms with E-state index in [0.717, 1.165) is 66.2 Å². The van der Waals surface area contributed by atoms with Crippen molar-refractivity contribution in [2.24, 2.45) is 0 Å². The minimum atomic E-state index is 0.400. The van der Waals surface area contributed by atoms with Crippen LogP contribution in [0.2, 0.25) is 0 Å². The molecule has 0 unspecified atom stereocenters. The number of aromatic nitrogens is 6. The van der Waals surface area contributed by atoms with Crippen molar-refractivity contribution >= 4 is 27.9 Å². The van der Waals surface area contributed by atoms with Gasteiger partial charge in [0.25, 0.3) is 0 Å². The summed E-state index contributed by atoms with van der Waals surface area (Å²) >= 11 is 0. The second kappa shape index (κ2) is 9.77. The van der Waals surface area contributed by atoms with Gasteiger partial charge in [-0.05, 0) is 17.7 Å². The van der Waals surface area contributed by atoms with Crippen LogP contribution in [0.3, 0.4) is 0 Å². The first-order valence-corrected chi connectivity index (χ1v) is 12.0. The molecular formula is C27H26N8O. The van der Waals surface area contributed by atoms with E-state index in [9.17, 15) is 0 Å². The molecule has 0 aliphatic carbocycles. The first kappa shape index (κ1) is 22.2. The van der Waals surface area contributed by atoms with Gasteiger partial charge in [-0.3, -0.25) is 4.90 Å². The van der Waals surface area contributed by atoms with E-state index < -0.39 is 0 Å². The van der Waals surface area contributed by atoms with E-state index in [0.29, 0.717) is 24.6 Å². The Morgan fingerprint density at radius 3 is 2.69 bits per heavy atom. The molecule has 36 heavy (non-hydrogen) atoms. The zero-order valence-corrected chi connectivity index (χ0v) is 19.8. The van der Waals surface area contributed by atoms with E-state index in [1.165, 1.54) is 11.9 Å². The van der Waals surface area contributed by atoms with Crippen molar-refractivity contribution in [1.82, 2.24) is 34.6 Å². The molecule has 0 amide bonds. The minimum absolute atomic E-state index is 0.400. The molecule has 1 saturated heterocycles. The molecule has 1 aliphatic heterocycles. The van der Waals surface area contributed by atoms with Crippen LogP contribution in [0.5, 0.6) is 0 Å². The fourth-order valence-electron chi connectivity index (χ4n) is 4.48. The minimum Gasteiger partial charge on any atom is -0.383 e. The Kier molecular flexibility index (Phi) is 6.03. The molecule has 0 spiro atoms. The Balaban J connectivity index is 1.30. The van der Waals surface area contributed by atoms with Crippen molar-refractivity contribution in [2.75, 3.05) is 38.6 Å². The van der Waals surface area contributed by atoms with Crippen molar-refractivity contribution in [3.05, 3.63) is 66.2 Å². The molecule has 9 nitrogen and oxygen atoms in total. The average molecular weight is 479 g/mol. The highest BCUT2D eigenvalue weighted by Gasteiger charge is 2.17. The Bertz CT molecular complexity index is 1570. The number of hydrogen-bond donors (Lipinski definition) is 2. The van der Waals surface area contributed by atoms with Crippen LogP contribution in [0.15, 0.2) is 54.9 Å². The molecule has 9 heteroatoms. The Morgan fingerprint density at radius 1 is 1.00 bits per heavy atom. The van der Waals surface area contributed by atoms with Crippen LogP contribution >= 0.6 is 0 Å². The standard InChI is InChI=1S/C27H26N8O/c28-26-24-25(20-8-9-21-22(17-20)32-23(31-21)16-19-6-2-1-3-7-19)33-35(27(24)30-18-29-26)11-5-4-10-34-12-14-36-15-13-34/h1-3,6-9,17-18H,10-16H2,(H,31,32)(H2,28,29,30). The molecule has 5 aromatic rings. The number of hydrogen-bond acceptors (Lipinski definition) is 7. The highest BCUT2D eigenvalue weighted by molar-refractivity contribution is 5.99. The van der Waals surface area contributed by atoms with E-state index in [2.05, 4.69) is 49.9 Å². The number of nitrogen functional groups attached to an aromatic ring is 1. The summed E-state index contributed by atoms with van der Waals surface area (Å²) in [5.41, 5.74) is 11.7. The van der Waals surface area contributed by atoms with Crippen molar-refractivity contribution in [3.63, 3.8) is 0 Å². The third kappa shape index (κ3) is 4.52. The van der Waals surface area contributed by atoms with Gasteiger partial charge in [0.15, 0.2) is 5.65 Å². The molecule has 0 saturated carbocycles. The summed E-state index contributed by atoms with van der Waals surface area (Å²) < 4.78 is 7.20. The van der Waals surface area contributed by atoms with Crippen LogP contribution in [-0.2, 0) is 17.7 Å². The molecule has 3 N–H and O–H groups in total. The maximum Gasteiger partial charge on any atom is 0.164 e. The van der Waals surface area contributed by atoms with E-state index >= 15 is 0 Å². The third-order valence-corrected chi connectivity index (χ3v) is 6.34. The average Bonchev–Trinajstić information content (AvgIpc) is 3.49. The molecule has 3 aromatic heterocycles. The van der Waals surface area contributed by atoms with Crippen LogP contribution in [0.25, 0.3) is 33.3 Å². The molecule has 4 heterocycles. The van der Waals surface area contributed by atoms with E-state index in [1.54, 1.807) is 4.68 Å². The van der Waals surface area contributed by atoms with Gasteiger partial charge in [-0.15, -0.1) is 0 Å². The fourth-order valence-corrected chi connectivity index (χ4v) is 4.48. The molecule has 180 valence electrons. The van der Waals surface area contributed by atoms with Gasteiger partial charge in [-0.25, -0.2) is 19.6 Å². The molecular weight excluding hydrogens is 452 g/mol. The van der Waals surface area contributed by atoms with Gasteiger partial charge in [-0.1, -0.05) is 48.2 Å². The van der Waals surface area contributed by atoms with Crippen LogP contribution < -0.4 is 5.73 Å². The molecule has 2 aromatic carbocycles. The number of anilines is 1. The summed E-state index contributed by atoms with van der Waals surface area (Å²) in [6.45, 7) is 4.49. The van der Waals surface area contributed by atoms with Crippen molar-refractivity contribution < 1.29 is 4.74 Å². The lowest BCUT2D eigenvalue weighted by Gasteiger charge is -2.24. The van der Waals surface area contributed by atoms with Gasteiger partial charge in [0, 0.05) is 25.1 Å². The van der Waals surface area contributed by atoms with Gasteiger partial charge < -0.3 is 15.5 Å². The number of nitrogens with one attached hydrogen (secondary N) is 1. The lowest BCUT2D eigenvalue weighted by atomic mass is 10.1. The molecule has 6 rings (SSSR count). The van der Waals surface area contributed by atoms with Crippen LogP contribution in [0.4, 0.5) is 5.82 Å². The second-order valence-corrected chi connectivity index (χ2v) is 8.78. The first-order valence-electron chi connectivity index (χ1n) is 12.0. The zero-order valence-electron chi connectivity index (χ0n) is 19.8. The summed E-state index contributed by atoms with van der Waals surface area (Å²) in [5, 5.41) is 5.58. The summed E-state index contributed by atoms with van der Waals surface area (Å²) in [6, 6.07) is 16.4. The zero-order chi connectivity index (χ0) is 24.3. The summed E-state index contributed by atoms with van der Waals surface area (Å²) in [5.74, 6) is 7.80. The first-order chi connectivity index (χ1) is 17.7. The quantitative estimate of drug-likeness (QED) is 0.374. The predicted octanol–water partition coefficient (Wildman–Crippen LogP) is 2.88. The lowest BCUT2D eigenvalue weighted by molar-refractivity contribution is 0.0443. The van der Waals surface area contributed by atoms with Crippen LogP contribution in [-0.4, -0.2) is 67.5 Å². The SMILES string of the molecule is Nc1ncnc2c1c(-c1ccc3nc(Cc4ccccc4)[nH]c3c1)nn2CC#CCN1CCOCC1. The van der Waals surface area contributed by atoms with Gasteiger partial charge in [0.1, 0.15) is 30.2 Å². The van der Waals surface area contributed by atoms with Gasteiger partial charge in [-0.2, -0.15) is 5.10 Å². The third-order valence-electron chi connectivity index (χ3n) is 6.34. The normalized spacial score (nSPS) is 14.2. The summed E-state index contributed by atoms with van der Waals surface area (Å²) in [7, 11) is 0. The largest absolute Gasteiger partial charge is 0.383 e. The Morgan fingerprint density at radius 2 is 1.83 bits per heavy atom.